The summed E-state index contributed by atoms with van der Waals surface area (Å²) < 4.78 is 5.34. The summed E-state index contributed by atoms with van der Waals surface area (Å²) in [5.41, 5.74) is 2.85. The molecule has 0 heterocycles. The van der Waals surface area contributed by atoms with Crippen LogP contribution in [0.2, 0.25) is 0 Å². The summed E-state index contributed by atoms with van der Waals surface area (Å²) in [4.78, 5) is 13.6. The van der Waals surface area contributed by atoms with E-state index < -0.39 is 0 Å². The second-order valence-electron chi connectivity index (χ2n) is 7.10. The molecule has 0 saturated heterocycles. The van der Waals surface area contributed by atoms with Gasteiger partial charge >= 0.3 is 5.97 Å². The number of ether oxygens (including phenoxy) is 1. The molecule has 0 amide bonds. The molecule has 2 rings (SSSR count). The predicted molar refractivity (Wildman–Crippen MR) is 99.1 cm³/mol. The van der Waals surface area contributed by atoms with Crippen LogP contribution in [-0.4, -0.2) is 30.1 Å². The lowest BCUT2D eigenvalue weighted by Gasteiger charge is -2.28. The van der Waals surface area contributed by atoms with E-state index in [-0.39, 0.29) is 12.1 Å². The first-order valence-electron chi connectivity index (χ1n) is 9.60. The van der Waals surface area contributed by atoms with E-state index in [9.17, 15) is 4.79 Å². The van der Waals surface area contributed by atoms with Gasteiger partial charge in [0, 0.05) is 13.5 Å². The predicted octanol–water partition coefficient (Wildman–Crippen LogP) is 4.90. The second-order valence-corrected chi connectivity index (χ2v) is 7.10. The summed E-state index contributed by atoms with van der Waals surface area (Å²) in [6.45, 7) is 9.41. The number of benzene rings is 1. The summed E-state index contributed by atoms with van der Waals surface area (Å²) in [5, 5.41) is 0. The Balaban J connectivity index is 1.87. The van der Waals surface area contributed by atoms with E-state index in [2.05, 4.69) is 43.0 Å². The fourth-order valence-corrected chi connectivity index (χ4v) is 3.80. The molecule has 24 heavy (non-hydrogen) atoms. The minimum Gasteiger partial charge on any atom is -0.463 e. The van der Waals surface area contributed by atoms with Crippen LogP contribution < -0.4 is 0 Å². The fraction of sp³-hybridized carbons (Fsp3) is 0.667. The fourth-order valence-electron chi connectivity index (χ4n) is 3.80. The number of carbonyl (C=O) groups is 1. The van der Waals surface area contributed by atoms with Crippen molar-refractivity contribution in [2.75, 3.05) is 13.1 Å². The van der Waals surface area contributed by atoms with Crippen LogP contribution in [0, 0.1) is 0 Å². The average molecular weight is 332 g/mol. The molecule has 1 fully saturated rings. The van der Waals surface area contributed by atoms with E-state index in [1.165, 1.54) is 44.0 Å². The van der Waals surface area contributed by atoms with Crippen LogP contribution in [0.4, 0.5) is 0 Å². The van der Waals surface area contributed by atoms with E-state index in [0.29, 0.717) is 5.92 Å². The van der Waals surface area contributed by atoms with Gasteiger partial charge in [0.15, 0.2) is 0 Å². The number of hydrogen-bond donors (Lipinski definition) is 0. The molecule has 0 unspecified atom stereocenters. The monoisotopic (exact) mass is 331 g/mol. The minimum absolute atomic E-state index is 0.134. The van der Waals surface area contributed by atoms with Crippen LogP contribution in [-0.2, 0) is 16.1 Å². The molecule has 1 aliphatic carbocycles. The Morgan fingerprint density at radius 2 is 1.62 bits per heavy atom. The molecule has 1 saturated carbocycles. The van der Waals surface area contributed by atoms with Gasteiger partial charge in [0.05, 0.1) is 0 Å². The number of rotatable bonds is 8. The van der Waals surface area contributed by atoms with E-state index in [4.69, 9.17) is 4.74 Å². The Labute approximate surface area is 147 Å². The lowest BCUT2D eigenvalue weighted by molar-refractivity contribution is -0.147. The van der Waals surface area contributed by atoms with Crippen molar-refractivity contribution in [1.29, 1.82) is 0 Å². The van der Waals surface area contributed by atoms with Gasteiger partial charge in [-0.2, -0.15) is 0 Å². The van der Waals surface area contributed by atoms with Gasteiger partial charge in [0.2, 0.25) is 0 Å². The summed E-state index contributed by atoms with van der Waals surface area (Å²) in [5.74, 6) is 0.472. The summed E-state index contributed by atoms with van der Waals surface area (Å²) in [7, 11) is 0. The third-order valence-electron chi connectivity index (χ3n) is 4.94. The molecule has 0 atom stereocenters. The molecular weight excluding hydrogens is 298 g/mol. The lowest BCUT2D eigenvalue weighted by atomic mass is 9.82. The smallest absolute Gasteiger partial charge is 0.302 e. The molecule has 3 heteroatoms. The largest absolute Gasteiger partial charge is 0.463 e. The van der Waals surface area contributed by atoms with E-state index in [0.717, 1.165) is 32.2 Å². The van der Waals surface area contributed by atoms with Gasteiger partial charge < -0.3 is 4.74 Å². The van der Waals surface area contributed by atoms with Crippen LogP contribution in [0.15, 0.2) is 24.3 Å². The number of esters is 1. The van der Waals surface area contributed by atoms with Crippen LogP contribution in [0.1, 0.15) is 76.3 Å². The number of nitrogens with zero attached hydrogens (tertiary/aromatic N) is 1. The highest BCUT2D eigenvalue weighted by molar-refractivity contribution is 5.66. The number of hydrogen-bond acceptors (Lipinski definition) is 3. The van der Waals surface area contributed by atoms with Crippen molar-refractivity contribution in [3.8, 4) is 0 Å². The molecular formula is C21H33NO2. The van der Waals surface area contributed by atoms with Crippen molar-refractivity contribution in [3.63, 3.8) is 0 Å². The zero-order valence-corrected chi connectivity index (χ0v) is 15.6. The normalized spacial score (nSPS) is 21.0. The quantitative estimate of drug-likeness (QED) is 0.635. The molecule has 1 aromatic rings. The maximum Gasteiger partial charge on any atom is 0.302 e. The molecule has 0 bridgehead atoms. The Kier molecular flexibility index (Phi) is 7.77. The molecule has 0 aliphatic heterocycles. The van der Waals surface area contributed by atoms with Gasteiger partial charge in [0.25, 0.3) is 0 Å². The van der Waals surface area contributed by atoms with Gasteiger partial charge in [0.1, 0.15) is 6.10 Å². The average Bonchev–Trinajstić information content (AvgIpc) is 2.56. The maximum absolute atomic E-state index is 11.1. The third kappa shape index (κ3) is 5.94. The van der Waals surface area contributed by atoms with Gasteiger partial charge in [-0.05, 0) is 68.7 Å². The van der Waals surface area contributed by atoms with Crippen molar-refractivity contribution < 1.29 is 9.53 Å². The molecule has 134 valence electrons. The molecule has 0 spiro atoms. The molecule has 1 aliphatic rings. The van der Waals surface area contributed by atoms with Crippen molar-refractivity contribution >= 4 is 5.97 Å². The Hall–Kier alpha value is -1.35. The summed E-state index contributed by atoms with van der Waals surface area (Å²) in [6, 6.07) is 9.21. The first-order chi connectivity index (χ1) is 11.6. The zero-order valence-electron chi connectivity index (χ0n) is 15.6. The minimum atomic E-state index is -0.147. The van der Waals surface area contributed by atoms with Crippen molar-refractivity contribution in [2.24, 2.45) is 0 Å². The van der Waals surface area contributed by atoms with Crippen molar-refractivity contribution in [2.45, 2.75) is 77.9 Å². The standard InChI is InChI=1S/C21H33NO2/c1-4-14-22(15-5-2)16-18-6-8-19(9-7-18)20-10-12-21(13-11-20)24-17(3)23/h6-9,20-21H,4-5,10-16H2,1-3H3. The Morgan fingerprint density at radius 3 is 2.12 bits per heavy atom. The Morgan fingerprint density at radius 1 is 1.04 bits per heavy atom. The molecule has 0 radical (unpaired) electrons. The Bertz CT molecular complexity index is 483. The van der Waals surface area contributed by atoms with Gasteiger partial charge in [-0.25, -0.2) is 0 Å². The molecule has 3 nitrogen and oxygen atoms in total. The highest BCUT2D eigenvalue weighted by Gasteiger charge is 2.24. The van der Waals surface area contributed by atoms with E-state index >= 15 is 0 Å². The summed E-state index contributed by atoms with van der Waals surface area (Å²) in [6.07, 6.45) is 6.78. The van der Waals surface area contributed by atoms with Gasteiger partial charge in [-0.1, -0.05) is 38.1 Å². The maximum atomic E-state index is 11.1. The number of carbonyl (C=O) groups excluding carboxylic acids is 1. The van der Waals surface area contributed by atoms with Crippen molar-refractivity contribution in [1.82, 2.24) is 4.90 Å². The lowest BCUT2D eigenvalue weighted by Crippen LogP contribution is -2.25. The van der Waals surface area contributed by atoms with Gasteiger partial charge in [-0.3, -0.25) is 9.69 Å². The summed E-state index contributed by atoms with van der Waals surface area (Å²) >= 11 is 0. The zero-order chi connectivity index (χ0) is 17.4. The molecule has 0 aromatic heterocycles. The molecule has 1 aromatic carbocycles. The van der Waals surface area contributed by atoms with E-state index in [1.54, 1.807) is 0 Å². The van der Waals surface area contributed by atoms with Crippen molar-refractivity contribution in [3.05, 3.63) is 35.4 Å². The SMILES string of the molecule is CCCN(CCC)Cc1ccc(C2CCC(OC(C)=O)CC2)cc1. The van der Waals surface area contributed by atoms with Crippen LogP contribution in [0.25, 0.3) is 0 Å². The first kappa shape index (κ1) is 19.0. The van der Waals surface area contributed by atoms with Crippen LogP contribution in [0.5, 0.6) is 0 Å². The molecule has 0 N–H and O–H groups in total. The van der Waals surface area contributed by atoms with Gasteiger partial charge in [-0.15, -0.1) is 0 Å². The topological polar surface area (TPSA) is 29.5 Å². The van der Waals surface area contributed by atoms with Crippen LogP contribution >= 0.6 is 0 Å². The third-order valence-corrected chi connectivity index (χ3v) is 4.94. The van der Waals surface area contributed by atoms with Crippen LogP contribution in [0.3, 0.4) is 0 Å². The highest BCUT2D eigenvalue weighted by Crippen LogP contribution is 2.34. The highest BCUT2D eigenvalue weighted by atomic mass is 16.5. The first-order valence-corrected chi connectivity index (χ1v) is 9.60. The van der Waals surface area contributed by atoms with E-state index in [1.807, 2.05) is 0 Å². The second kappa shape index (κ2) is 9.83.